The summed E-state index contributed by atoms with van der Waals surface area (Å²) >= 11 is 3.23. The zero-order valence-corrected chi connectivity index (χ0v) is 11.5. The van der Waals surface area contributed by atoms with E-state index in [0.29, 0.717) is 11.2 Å². The van der Waals surface area contributed by atoms with E-state index in [1.807, 2.05) is 36.4 Å². The van der Waals surface area contributed by atoms with Gasteiger partial charge in [0.1, 0.15) is 5.76 Å². The molecule has 0 aliphatic carbocycles. The minimum Gasteiger partial charge on any atom is -0.452 e. The van der Waals surface area contributed by atoms with Crippen LogP contribution in [0.4, 0.5) is 10.5 Å². The van der Waals surface area contributed by atoms with Gasteiger partial charge in [-0.05, 0) is 40.2 Å². The molecule has 0 unspecified atom stereocenters. The molecule has 5 heteroatoms. The van der Waals surface area contributed by atoms with Crippen LogP contribution in [0.5, 0.6) is 0 Å². The highest BCUT2D eigenvalue weighted by atomic mass is 79.9. The van der Waals surface area contributed by atoms with Gasteiger partial charge in [-0.25, -0.2) is 4.79 Å². The van der Waals surface area contributed by atoms with Crippen molar-refractivity contribution < 1.29 is 9.21 Å². The lowest BCUT2D eigenvalue weighted by atomic mass is 10.3. The Labute approximate surface area is 114 Å². The van der Waals surface area contributed by atoms with Gasteiger partial charge in [0.25, 0.3) is 0 Å². The Balaban J connectivity index is 1.93. The van der Waals surface area contributed by atoms with Crippen LogP contribution >= 0.6 is 15.9 Å². The summed E-state index contributed by atoms with van der Waals surface area (Å²) in [4.78, 5) is 13.4. The Morgan fingerprint density at radius 1 is 1.28 bits per heavy atom. The van der Waals surface area contributed by atoms with E-state index in [1.165, 1.54) is 0 Å². The van der Waals surface area contributed by atoms with Crippen LogP contribution < -0.4 is 5.32 Å². The molecule has 2 amide bonds. The van der Waals surface area contributed by atoms with Gasteiger partial charge in [0, 0.05) is 12.7 Å². The molecule has 0 saturated carbocycles. The number of hydrogen-bond donors (Lipinski definition) is 1. The zero-order valence-electron chi connectivity index (χ0n) is 9.89. The minimum atomic E-state index is -0.172. The van der Waals surface area contributed by atoms with Crippen LogP contribution in [0.3, 0.4) is 0 Å². The number of nitrogens with zero attached hydrogens (tertiary/aromatic N) is 1. The highest BCUT2D eigenvalue weighted by molar-refractivity contribution is 9.10. The van der Waals surface area contributed by atoms with Crippen molar-refractivity contribution in [3.05, 3.63) is 52.9 Å². The molecule has 0 atom stereocenters. The molecular formula is C13H13BrN2O2. The predicted octanol–water partition coefficient (Wildman–Crippen LogP) is 3.71. The van der Waals surface area contributed by atoms with E-state index in [1.54, 1.807) is 18.0 Å². The topological polar surface area (TPSA) is 45.5 Å². The van der Waals surface area contributed by atoms with Crippen molar-refractivity contribution in [1.82, 2.24) is 4.90 Å². The molecule has 1 heterocycles. The fraction of sp³-hybridized carbons (Fsp3) is 0.154. The first-order chi connectivity index (χ1) is 8.65. The molecule has 2 aromatic rings. The van der Waals surface area contributed by atoms with Crippen LogP contribution in [0.2, 0.25) is 0 Å². The number of para-hydroxylation sites is 1. The summed E-state index contributed by atoms with van der Waals surface area (Å²) in [5.74, 6) is 0.729. The maximum absolute atomic E-state index is 11.9. The second-order valence-corrected chi connectivity index (χ2v) is 4.64. The minimum absolute atomic E-state index is 0.172. The molecule has 0 fully saturated rings. The Hall–Kier alpha value is -1.75. The van der Waals surface area contributed by atoms with Gasteiger partial charge in [0.05, 0.1) is 6.54 Å². The lowest BCUT2D eigenvalue weighted by Gasteiger charge is -2.16. The number of benzene rings is 1. The van der Waals surface area contributed by atoms with Crippen molar-refractivity contribution in [2.75, 3.05) is 12.4 Å². The van der Waals surface area contributed by atoms with Gasteiger partial charge in [-0.3, -0.25) is 0 Å². The predicted molar refractivity (Wildman–Crippen MR) is 73.3 cm³/mol. The van der Waals surface area contributed by atoms with Gasteiger partial charge >= 0.3 is 6.03 Å². The highest BCUT2D eigenvalue weighted by Gasteiger charge is 2.11. The number of nitrogens with one attached hydrogen (secondary N) is 1. The van der Waals surface area contributed by atoms with E-state index in [0.717, 1.165) is 11.4 Å². The summed E-state index contributed by atoms with van der Waals surface area (Å²) in [6.07, 6.45) is 0. The molecule has 1 aromatic carbocycles. The van der Waals surface area contributed by atoms with Crippen LogP contribution in [0.1, 0.15) is 5.76 Å². The fourth-order valence-electron chi connectivity index (χ4n) is 1.48. The third-order valence-corrected chi connectivity index (χ3v) is 2.82. The molecule has 94 valence electrons. The van der Waals surface area contributed by atoms with Crippen LogP contribution in [0, 0.1) is 0 Å². The molecule has 1 aromatic heterocycles. The number of hydrogen-bond acceptors (Lipinski definition) is 2. The molecule has 0 aliphatic rings. The Morgan fingerprint density at radius 2 is 2.00 bits per heavy atom. The largest absolute Gasteiger partial charge is 0.452 e. The summed E-state index contributed by atoms with van der Waals surface area (Å²) in [6, 6.07) is 12.8. The Morgan fingerprint density at radius 3 is 2.61 bits per heavy atom. The number of amides is 2. The monoisotopic (exact) mass is 308 g/mol. The number of urea groups is 1. The maximum Gasteiger partial charge on any atom is 0.321 e. The number of furan rings is 1. The van der Waals surface area contributed by atoms with Gasteiger partial charge in [0.2, 0.25) is 0 Å². The van der Waals surface area contributed by atoms with E-state index in [4.69, 9.17) is 4.42 Å². The number of carbonyl (C=O) groups excluding carboxylic acids is 1. The van der Waals surface area contributed by atoms with Gasteiger partial charge in [-0.1, -0.05) is 18.2 Å². The van der Waals surface area contributed by atoms with Crippen LogP contribution in [0.25, 0.3) is 0 Å². The molecule has 0 saturated heterocycles. The smallest absolute Gasteiger partial charge is 0.321 e. The van der Waals surface area contributed by atoms with Crippen molar-refractivity contribution in [3.8, 4) is 0 Å². The second kappa shape index (κ2) is 5.73. The molecule has 18 heavy (non-hydrogen) atoms. The van der Waals surface area contributed by atoms with Crippen LogP contribution in [0.15, 0.2) is 51.6 Å². The van der Waals surface area contributed by atoms with Crippen molar-refractivity contribution in [2.24, 2.45) is 0 Å². The van der Waals surface area contributed by atoms with Crippen molar-refractivity contribution in [3.63, 3.8) is 0 Å². The number of halogens is 1. The van der Waals surface area contributed by atoms with E-state index in [9.17, 15) is 4.79 Å². The SMILES string of the molecule is CN(Cc1ccc(Br)o1)C(=O)Nc1ccccc1. The number of rotatable bonds is 3. The lowest BCUT2D eigenvalue weighted by molar-refractivity contribution is 0.216. The lowest BCUT2D eigenvalue weighted by Crippen LogP contribution is -2.30. The molecule has 0 radical (unpaired) electrons. The standard InChI is InChI=1S/C13H13BrN2O2/c1-16(9-11-7-8-12(14)18-11)13(17)15-10-5-3-2-4-6-10/h2-8H,9H2,1H3,(H,15,17). The summed E-state index contributed by atoms with van der Waals surface area (Å²) in [7, 11) is 1.72. The Bertz CT molecular complexity index is 525. The van der Waals surface area contributed by atoms with Crippen molar-refractivity contribution in [1.29, 1.82) is 0 Å². The molecule has 0 aliphatic heterocycles. The summed E-state index contributed by atoms with van der Waals surface area (Å²) in [5, 5.41) is 2.80. The van der Waals surface area contributed by atoms with E-state index in [2.05, 4.69) is 21.2 Å². The first kappa shape index (κ1) is 12.7. The number of carbonyl (C=O) groups is 1. The highest BCUT2D eigenvalue weighted by Crippen LogP contribution is 2.15. The van der Waals surface area contributed by atoms with Gasteiger partial charge in [0.15, 0.2) is 4.67 Å². The molecule has 0 spiro atoms. The summed E-state index contributed by atoms with van der Waals surface area (Å²) in [5.41, 5.74) is 0.773. The number of anilines is 1. The molecule has 4 nitrogen and oxygen atoms in total. The van der Waals surface area contributed by atoms with E-state index in [-0.39, 0.29) is 6.03 Å². The van der Waals surface area contributed by atoms with Crippen LogP contribution in [-0.2, 0) is 6.54 Å². The first-order valence-corrected chi connectivity index (χ1v) is 6.26. The normalized spacial score (nSPS) is 10.1. The molecule has 2 rings (SSSR count). The quantitative estimate of drug-likeness (QED) is 0.939. The fourth-order valence-corrected chi connectivity index (χ4v) is 1.82. The van der Waals surface area contributed by atoms with E-state index >= 15 is 0 Å². The third kappa shape index (κ3) is 3.37. The van der Waals surface area contributed by atoms with Gasteiger partial charge in [-0.2, -0.15) is 0 Å². The second-order valence-electron chi connectivity index (χ2n) is 3.86. The molecule has 0 bridgehead atoms. The van der Waals surface area contributed by atoms with E-state index < -0.39 is 0 Å². The maximum atomic E-state index is 11.9. The summed E-state index contributed by atoms with van der Waals surface area (Å²) < 4.78 is 6.01. The third-order valence-electron chi connectivity index (χ3n) is 2.39. The molecular weight excluding hydrogens is 296 g/mol. The average molecular weight is 309 g/mol. The van der Waals surface area contributed by atoms with Crippen LogP contribution in [-0.4, -0.2) is 18.0 Å². The zero-order chi connectivity index (χ0) is 13.0. The Kier molecular flexibility index (Phi) is 4.04. The first-order valence-electron chi connectivity index (χ1n) is 5.46. The van der Waals surface area contributed by atoms with Gasteiger partial charge in [-0.15, -0.1) is 0 Å². The van der Waals surface area contributed by atoms with Crippen molar-refractivity contribution >= 4 is 27.6 Å². The summed E-state index contributed by atoms with van der Waals surface area (Å²) in [6.45, 7) is 0.421. The molecule has 1 N–H and O–H groups in total. The van der Waals surface area contributed by atoms with Gasteiger partial charge < -0.3 is 14.6 Å². The average Bonchev–Trinajstić information content (AvgIpc) is 2.76. The van der Waals surface area contributed by atoms with Crippen molar-refractivity contribution in [2.45, 2.75) is 6.54 Å².